The lowest BCUT2D eigenvalue weighted by molar-refractivity contribution is -0.0342. The molecule has 5 rings (SSSR count). The van der Waals surface area contributed by atoms with Gasteiger partial charge in [-0.15, -0.1) is 0 Å². The van der Waals surface area contributed by atoms with Crippen molar-refractivity contribution in [1.29, 1.82) is 0 Å². The van der Waals surface area contributed by atoms with Crippen molar-refractivity contribution >= 4 is 40.5 Å². The van der Waals surface area contributed by atoms with Gasteiger partial charge in [0.15, 0.2) is 5.13 Å². The number of rotatable bonds is 2. The standard InChI is InChI=1S/C24H27N5O7S/c1-24(2,3)36-23(33)26-21-25-16-9-12-10-34-11-17(18(16)37-21)29(12)22(32)28-27-19(30)14-5-4-6-15-13(14)7-8-35-20(15)31/h4-6,12,17H,7-11H2,1-3H3,(H,27,30)(H,28,32)(H,25,26,33)/t12-,17-/m0/s1. The average Bonchev–Trinajstić information content (AvgIpc) is 3.22. The molecule has 3 aliphatic rings. The Morgan fingerprint density at radius 1 is 1.19 bits per heavy atom. The van der Waals surface area contributed by atoms with Crippen molar-refractivity contribution in [2.24, 2.45) is 0 Å². The highest BCUT2D eigenvalue weighted by Gasteiger charge is 2.43. The van der Waals surface area contributed by atoms with Gasteiger partial charge in [0.2, 0.25) is 0 Å². The van der Waals surface area contributed by atoms with Crippen LogP contribution in [0.1, 0.15) is 63.7 Å². The summed E-state index contributed by atoms with van der Waals surface area (Å²) in [5.74, 6) is -0.998. The predicted molar refractivity (Wildman–Crippen MR) is 131 cm³/mol. The molecule has 3 N–H and O–H groups in total. The summed E-state index contributed by atoms with van der Waals surface area (Å²) in [6.45, 7) is 6.09. The van der Waals surface area contributed by atoms with Crippen LogP contribution in [0.5, 0.6) is 0 Å². The van der Waals surface area contributed by atoms with Gasteiger partial charge in [-0.2, -0.15) is 0 Å². The van der Waals surface area contributed by atoms with Crippen molar-refractivity contribution in [3.63, 3.8) is 0 Å². The van der Waals surface area contributed by atoms with Gasteiger partial charge in [0.05, 0.1) is 48.0 Å². The number of hydrazine groups is 1. The molecule has 1 aromatic carbocycles. The van der Waals surface area contributed by atoms with Crippen molar-refractivity contribution in [1.82, 2.24) is 20.7 Å². The van der Waals surface area contributed by atoms with Crippen molar-refractivity contribution in [3.05, 3.63) is 45.5 Å². The van der Waals surface area contributed by atoms with Gasteiger partial charge in [-0.3, -0.25) is 15.5 Å². The molecular formula is C24H27N5O7S. The molecule has 1 saturated heterocycles. The highest BCUT2D eigenvalue weighted by atomic mass is 32.1. The fourth-order valence-electron chi connectivity index (χ4n) is 4.66. The van der Waals surface area contributed by atoms with Crippen LogP contribution in [0.15, 0.2) is 18.2 Å². The third kappa shape index (κ3) is 5.09. The van der Waals surface area contributed by atoms with Gasteiger partial charge in [-0.25, -0.2) is 24.8 Å². The number of thiazole rings is 1. The first-order valence-corrected chi connectivity index (χ1v) is 12.7. The predicted octanol–water partition coefficient (Wildman–Crippen LogP) is 2.56. The number of benzene rings is 1. The van der Waals surface area contributed by atoms with Gasteiger partial charge >= 0.3 is 18.1 Å². The number of amides is 4. The Kier molecular flexibility index (Phi) is 6.50. The summed E-state index contributed by atoms with van der Waals surface area (Å²) in [6, 6.07) is 3.61. The van der Waals surface area contributed by atoms with Crippen LogP contribution in [0.25, 0.3) is 0 Å². The molecule has 0 radical (unpaired) electrons. The van der Waals surface area contributed by atoms with Gasteiger partial charge in [0, 0.05) is 18.4 Å². The van der Waals surface area contributed by atoms with Gasteiger partial charge in [0.1, 0.15) is 5.60 Å². The number of cyclic esters (lactones) is 1. The Morgan fingerprint density at radius 3 is 2.78 bits per heavy atom. The summed E-state index contributed by atoms with van der Waals surface area (Å²) in [4.78, 5) is 57.2. The second kappa shape index (κ2) is 9.63. The lowest BCUT2D eigenvalue weighted by Crippen LogP contribution is -2.59. The summed E-state index contributed by atoms with van der Waals surface area (Å²) in [5.41, 5.74) is 6.37. The molecule has 2 atom stereocenters. The number of carbonyl (C=O) groups is 4. The first-order valence-electron chi connectivity index (χ1n) is 11.9. The Bertz CT molecular complexity index is 1270. The van der Waals surface area contributed by atoms with Crippen LogP contribution in [0.3, 0.4) is 0 Å². The lowest BCUT2D eigenvalue weighted by atomic mass is 9.96. The molecule has 2 aromatic rings. The maximum atomic E-state index is 13.2. The third-order valence-electron chi connectivity index (χ3n) is 6.13. The number of ether oxygens (including phenoxy) is 3. The zero-order valence-electron chi connectivity index (χ0n) is 20.6. The average molecular weight is 530 g/mol. The topological polar surface area (TPSA) is 148 Å². The van der Waals surface area contributed by atoms with Gasteiger partial charge in [0.25, 0.3) is 5.91 Å². The molecule has 1 fully saturated rings. The second-order valence-electron chi connectivity index (χ2n) is 9.88. The summed E-state index contributed by atoms with van der Waals surface area (Å²) < 4.78 is 16.1. The van der Waals surface area contributed by atoms with Crippen LogP contribution in [0, 0.1) is 0 Å². The van der Waals surface area contributed by atoms with Crippen LogP contribution in [0.2, 0.25) is 0 Å². The number of esters is 1. The molecule has 0 saturated carbocycles. The lowest BCUT2D eigenvalue weighted by Gasteiger charge is -2.44. The van der Waals surface area contributed by atoms with Crippen molar-refractivity contribution in [2.45, 2.75) is 51.3 Å². The number of carbonyl (C=O) groups excluding carboxylic acids is 4. The van der Waals surface area contributed by atoms with E-state index < -0.39 is 35.6 Å². The fourth-order valence-corrected chi connectivity index (χ4v) is 5.72. The maximum absolute atomic E-state index is 13.2. The molecule has 4 amide bonds. The highest BCUT2D eigenvalue weighted by molar-refractivity contribution is 7.16. The van der Waals surface area contributed by atoms with E-state index in [0.717, 1.165) is 10.6 Å². The number of nitrogens with one attached hydrogen (secondary N) is 3. The normalized spacial score (nSPS) is 20.2. The van der Waals surface area contributed by atoms with Gasteiger partial charge in [-0.05, 0) is 38.5 Å². The zero-order valence-corrected chi connectivity index (χ0v) is 21.4. The first-order chi connectivity index (χ1) is 17.6. The smallest absolute Gasteiger partial charge is 0.413 e. The van der Waals surface area contributed by atoms with Crippen molar-refractivity contribution in [2.75, 3.05) is 25.1 Å². The van der Waals surface area contributed by atoms with Crippen LogP contribution >= 0.6 is 11.3 Å². The van der Waals surface area contributed by atoms with E-state index in [2.05, 4.69) is 21.2 Å². The first kappa shape index (κ1) is 25.0. The van der Waals surface area contributed by atoms with E-state index >= 15 is 0 Å². The largest absolute Gasteiger partial charge is 0.462 e. The molecule has 2 bridgehead atoms. The third-order valence-corrected chi connectivity index (χ3v) is 7.24. The molecule has 3 aliphatic heterocycles. The van der Waals surface area contributed by atoms with Crippen molar-refractivity contribution in [3.8, 4) is 0 Å². The number of nitrogens with zero attached hydrogens (tertiary/aromatic N) is 2. The Labute approximate surface area is 216 Å². The Morgan fingerprint density at radius 2 is 2.00 bits per heavy atom. The maximum Gasteiger partial charge on any atom is 0.413 e. The van der Waals surface area contributed by atoms with E-state index in [4.69, 9.17) is 14.2 Å². The summed E-state index contributed by atoms with van der Waals surface area (Å²) >= 11 is 1.26. The van der Waals surface area contributed by atoms with Crippen LogP contribution in [-0.2, 0) is 27.1 Å². The van der Waals surface area contributed by atoms with Crippen LogP contribution in [-0.4, -0.2) is 65.3 Å². The molecule has 1 aromatic heterocycles. The number of hydrogen-bond donors (Lipinski definition) is 3. The Hall–Kier alpha value is -3.71. The number of urea groups is 1. The van der Waals surface area contributed by atoms with Crippen molar-refractivity contribution < 1.29 is 33.4 Å². The van der Waals surface area contributed by atoms with E-state index in [1.807, 2.05) is 0 Å². The van der Waals surface area contributed by atoms with Crippen LogP contribution < -0.4 is 16.2 Å². The molecule has 0 aliphatic carbocycles. The number of anilines is 1. The van der Waals surface area contributed by atoms with Gasteiger partial charge in [-0.1, -0.05) is 17.4 Å². The van der Waals surface area contributed by atoms with E-state index in [1.165, 1.54) is 11.3 Å². The highest BCUT2D eigenvalue weighted by Crippen LogP contribution is 2.41. The molecule has 37 heavy (non-hydrogen) atoms. The number of aromatic nitrogens is 1. The molecule has 0 unspecified atom stereocenters. The molecule has 0 spiro atoms. The monoisotopic (exact) mass is 529 g/mol. The zero-order chi connectivity index (χ0) is 26.3. The minimum atomic E-state index is -0.646. The fraction of sp³-hybridized carbons (Fsp3) is 0.458. The Balaban J connectivity index is 1.28. The summed E-state index contributed by atoms with van der Waals surface area (Å²) in [5, 5.41) is 3.04. The molecule has 13 heteroatoms. The van der Waals surface area contributed by atoms with Crippen LogP contribution in [0.4, 0.5) is 14.7 Å². The van der Waals surface area contributed by atoms with E-state index in [1.54, 1.807) is 43.9 Å². The molecular weight excluding hydrogens is 502 g/mol. The number of fused-ring (bicyclic) bond motifs is 5. The SMILES string of the molecule is CC(C)(C)OC(=O)Nc1nc2c(s1)[C@@H]1COC[C@H](C2)N1C(=O)NNC(=O)c1cccc2c1CCOC2=O. The minimum Gasteiger partial charge on any atom is -0.462 e. The molecule has 4 heterocycles. The van der Waals surface area contributed by atoms with Gasteiger partial charge < -0.3 is 19.1 Å². The van der Waals surface area contributed by atoms with E-state index in [0.29, 0.717) is 41.3 Å². The minimum absolute atomic E-state index is 0.196. The van der Waals surface area contributed by atoms with E-state index in [9.17, 15) is 19.2 Å². The molecule has 196 valence electrons. The summed E-state index contributed by atoms with van der Waals surface area (Å²) in [6.07, 6.45) is 0.250. The second-order valence-corrected chi connectivity index (χ2v) is 10.9. The van der Waals surface area contributed by atoms with E-state index in [-0.39, 0.29) is 19.3 Å². The summed E-state index contributed by atoms with van der Waals surface area (Å²) in [7, 11) is 0. The number of morpholine rings is 1. The molecule has 12 nitrogen and oxygen atoms in total. The number of hydrogen-bond acceptors (Lipinski definition) is 9. The quantitative estimate of drug-likeness (QED) is 0.397.